The average molecular weight is 511 g/mol. The monoisotopic (exact) mass is 510 g/mol. The van der Waals surface area contributed by atoms with E-state index in [4.69, 9.17) is 9.47 Å². The fourth-order valence-corrected chi connectivity index (χ4v) is 4.54. The Morgan fingerprint density at radius 1 is 0.947 bits per heavy atom. The van der Waals surface area contributed by atoms with E-state index in [0.717, 1.165) is 50.9 Å². The highest BCUT2D eigenvalue weighted by molar-refractivity contribution is 6.02. The van der Waals surface area contributed by atoms with Gasteiger partial charge in [-0.15, -0.1) is 0 Å². The van der Waals surface area contributed by atoms with Crippen LogP contribution >= 0.6 is 0 Å². The Kier molecular flexibility index (Phi) is 8.35. The number of fused-ring (bicyclic) bond motifs is 1. The number of aryl methyl sites for hydroxylation is 1. The van der Waals surface area contributed by atoms with Gasteiger partial charge < -0.3 is 9.47 Å². The van der Waals surface area contributed by atoms with Crippen molar-refractivity contribution in [2.24, 2.45) is 5.41 Å². The molecule has 0 aliphatic carbocycles. The van der Waals surface area contributed by atoms with Crippen molar-refractivity contribution in [3.63, 3.8) is 0 Å². The maximum atomic E-state index is 13.7. The molecule has 38 heavy (non-hydrogen) atoms. The van der Waals surface area contributed by atoms with Crippen LogP contribution in [0.3, 0.4) is 0 Å². The summed E-state index contributed by atoms with van der Waals surface area (Å²) in [6.07, 6.45) is 3.14. The second kappa shape index (κ2) is 11.7. The second-order valence-electron chi connectivity index (χ2n) is 11.0. The number of hydrogen-bond donors (Lipinski definition) is 0. The van der Waals surface area contributed by atoms with Crippen LogP contribution in [0.4, 0.5) is 5.82 Å². The zero-order valence-electron chi connectivity index (χ0n) is 23.4. The molecule has 0 bridgehead atoms. The molecule has 0 unspecified atom stereocenters. The number of anilines is 1. The van der Waals surface area contributed by atoms with Gasteiger partial charge in [-0.25, -0.2) is 4.98 Å². The highest BCUT2D eigenvalue weighted by atomic mass is 16.5. The molecule has 0 aliphatic heterocycles. The second-order valence-corrected chi connectivity index (χ2v) is 11.0. The van der Waals surface area contributed by atoms with E-state index in [9.17, 15) is 4.79 Å². The normalized spacial score (nSPS) is 11.4. The van der Waals surface area contributed by atoms with Crippen molar-refractivity contribution in [3.05, 3.63) is 84.1 Å². The van der Waals surface area contributed by atoms with Gasteiger partial charge in [-0.2, -0.15) is 0 Å². The van der Waals surface area contributed by atoms with Crippen LogP contribution < -0.4 is 14.4 Å². The number of hydrogen-bond acceptors (Lipinski definition) is 4. The Bertz CT molecular complexity index is 1400. The van der Waals surface area contributed by atoms with Gasteiger partial charge in [0.05, 0.1) is 20.3 Å². The minimum absolute atomic E-state index is 0.0543. The van der Waals surface area contributed by atoms with Gasteiger partial charge in [0.1, 0.15) is 17.3 Å². The molecule has 1 heterocycles. The minimum atomic E-state index is -0.142. The quantitative estimate of drug-likeness (QED) is 0.229. The maximum absolute atomic E-state index is 13.7. The van der Waals surface area contributed by atoms with Gasteiger partial charge in [0.25, 0.3) is 0 Å². The number of aromatic nitrogens is 1. The fourth-order valence-electron chi connectivity index (χ4n) is 4.54. The average Bonchev–Trinajstić information content (AvgIpc) is 2.89. The summed E-state index contributed by atoms with van der Waals surface area (Å²) < 4.78 is 11.2. The SMILES string of the molecule is CCCOc1ccc2c(N(Cc3ccc(-c4ccc(OC)c(C)c4)cc3)C(=O)CC(C)(C)C)nccc2c1. The van der Waals surface area contributed by atoms with E-state index in [0.29, 0.717) is 25.4 Å². The number of amides is 1. The van der Waals surface area contributed by atoms with Crippen LogP contribution in [-0.2, 0) is 11.3 Å². The predicted molar refractivity (Wildman–Crippen MR) is 156 cm³/mol. The summed E-state index contributed by atoms with van der Waals surface area (Å²) in [5.41, 5.74) is 4.25. The lowest BCUT2D eigenvalue weighted by Gasteiger charge is -2.27. The van der Waals surface area contributed by atoms with Crippen molar-refractivity contribution >= 4 is 22.5 Å². The number of methoxy groups -OCH3 is 1. The van der Waals surface area contributed by atoms with E-state index in [-0.39, 0.29) is 11.3 Å². The summed E-state index contributed by atoms with van der Waals surface area (Å²) in [7, 11) is 1.69. The topological polar surface area (TPSA) is 51.7 Å². The van der Waals surface area contributed by atoms with Crippen LogP contribution in [0.5, 0.6) is 11.5 Å². The number of pyridine rings is 1. The standard InChI is InChI=1S/C33H38N2O3/c1-7-18-38-28-13-14-29-27(20-28)16-17-34-32(29)35(31(36)21-33(3,4)5)22-24-8-10-25(11-9-24)26-12-15-30(37-6)23(2)19-26/h8-17,19-20H,7,18,21-22H2,1-6H3. The van der Waals surface area contributed by atoms with E-state index in [1.165, 1.54) is 0 Å². The van der Waals surface area contributed by atoms with Gasteiger partial charge >= 0.3 is 0 Å². The Labute approximate surface area is 226 Å². The highest BCUT2D eigenvalue weighted by Crippen LogP contribution is 2.32. The number of carbonyl (C=O) groups excluding carboxylic acids is 1. The van der Waals surface area contributed by atoms with Gasteiger partial charge in [0.2, 0.25) is 5.91 Å². The summed E-state index contributed by atoms with van der Waals surface area (Å²) >= 11 is 0. The molecule has 0 aliphatic rings. The van der Waals surface area contributed by atoms with Gasteiger partial charge in [-0.1, -0.05) is 58.0 Å². The smallest absolute Gasteiger partial charge is 0.229 e. The molecule has 0 fully saturated rings. The molecule has 5 nitrogen and oxygen atoms in total. The molecule has 4 aromatic rings. The Balaban J connectivity index is 1.67. The molecule has 0 saturated carbocycles. The number of nitrogens with zero attached hydrogens (tertiary/aromatic N) is 2. The third-order valence-electron chi connectivity index (χ3n) is 6.45. The number of carbonyl (C=O) groups is 1. The lowest BCUT2D eigenvalue weighted by atomic mass is 9.91. The fraction of sp³-hybridized carbons (Fsp3) is 0.333. The van der Waals surface area contributed by atoms with Gasteiger partial charge in [-0.3, -0.25) is 9.69 Å². The van der Waals surface area contributed by atoms with Crippen molar-refractivity contribution in [1.29, 1.82) is 0 Å². The van der Waals surface area contributed by atoms with Gasteiger partial charge in [0, 0.05) is 18.0 Å². The first kappa shape index (κ1) is 27.2. The summed E-state index contributed by atoms with van der Waals surface area (Å²) in [6, 6.07) is 22.6. The summed E-state index contributed by atoms with van der Waals surface area (Å²) in [6.45, 7) is 11.5. The third kappa shape index (κ3) is 6.52. The predicted octanol–water partition coefficient (Wildman–Crippen LogP) is 7.98. The maximum Gasteiger partial charge on any atom is 0.229 e. The highest BCUT2D eigenvalue weighted by Gasteiger charge is 2.25. The molecule has 3 aromatic carbocycles. The van der Waals surface area contributed by atoms with E-state index < -0.39 is 0 Å². The number of ether oxygens (including phenoxy) is 2. The first-order valence-corrected chi connectivity index (χ1v) is 13.2. The molecular weight excluding hydrogens is 472 g/mol. The van der Waals surface area contributed by atoms with Gasteiger partial charge in [-0.05, 0) is 82.8 Å². The van der Waals surface area contributed by atoms with E-state index in [1.807, 2.05) is 42.2 Å². The van der Waals surface area contributed by atoms with Crippen LogP contribution in [0.2, 0.25) is 0 Å². The molecule has 0 spiro atoms. The minimum Gasteiger partial charge on any atom is -0.496 e. The van der Waals surface area contributed by atoms with Crippen molar-refractivity contribution < 1.29 is 14.3 Å². The van der Waals surface area contributed by atoms with Crippen molar-refractivity contribution in [2.45, 2.75) is 54.0 Å². The van der Waals surface area contributed by atoms with Gasteiger partial charge in [0.15, 0.2) is 0 Å². The zero-order valence-corrected chi connectivity index (χ0v) is 23.4. The molecule has 198 valence electrons. The Morgan fingerprint density at radius 3 is 2.34 bits per heavy atom. The number of rotatable bonds is 9. The number of benzene rings is 3. The van der Waals surface area contributed by atoms with E-state index in [1.54, 1.807) is 13.3 Å². The zero-order chi connectivity index (χ0) is 27.3. The van der Waals surface area contributed by atoms with Crippen molar-refractivity contribution in [1.82, 2.24) is 4.98 Å². The molecule has 1 aromatic heterocycles. The largest absolute Gasteiger partial charge is 0.496 e. The lowest BCUT2D eigenvalue weighted by molar-refractivity contribution is -0.120. The van der Waals surface area contributed by atoms with E-state index >= 15 is 0 Å². The molecule has 0 saturated heterocycles. The van der Waals surface area contributed by atoms with Crippen molar-refractivity contribution in [3.8, 4) is 22.6 Å². The molecule has 0 radical (unpaired) electrons. The molecular formula is C33H38N2O3. The Hall–Kier alpha value is -3.86. The summed E-state index contributed by atoms with van der Waals surface area (Å²) in [4.78, 5) is 20.2. The molecule has 0 N–H and O–H groups in total. The van der Waals surface area contributed by atoms with Crippen LogP contribution in [0.1, 0.15) is 51.7 Å². The lowest BCUT2D eigenvalue weighted by Crippen LogP contribution is -2.34. The first-order chi connectivity index (χ1) is 18.2. The van der Waals surface area contributed by atoms with Crippen LogP contribution in [0, 0.1) is 12.3 Å². The molecule has 4 rings (SSSR count). The van der Waals surface area contributed by atoms with Crippen LogP contribution in [-0.4, -0.2) is 24.6 Å². The van der Waals surface area contributed by atoms with Crippen molar-refractivity contribution in [2.75, 3.05) is 18.6 Å². The first-order valence-electron chi connectivity index (χ1n) is 13.2. The molecule has 0 atom stereocenters. The Morgan fingerprint density at radius 2 is 1.68 bits per heavy atom. The van der Waals surface area contributed by atoms with Crippen LogP contribution in [0.25, 0.3) is 21.9 Å². The third-order valence-corrected chi connectivity index (χ3v) is 6.45. The summed E-state index contributed by atoms with van der Waals surface area (Å²) in [5.74, 6) is 2.44. The molecule has 1 amide bonds. The van der Waals surface area contributed by atoms with Crippen LogP contribution in [0.15, 0.2) is 72.9 Å². The van der Waals surface area contributed by atoms with E-state index in [2.05, 4.69) is 69.1 Å². The summed E-state index contributed by atoms with van der Waals surface area (Å²) in [5, 5.41) is 1.94. The molecule has 5 heteroatoms.